The lowest BCUT2D eigenvalue weighted by molar-refractivity contribution is -0.362. The molecule has 4 fully saturated rings. The number of piperidine rings is 1. The summed E-state index contributed by atoms with van der Waals surface area (Å²) in [5.41, 5.74) is 5.50. The molecular formula is C49H70BF2N5O4. The number of halogens is 2. The van der Waals surface area contributed by atoms with E-state index in [1.807, 2.05) is 0 Å². The number of likely N-dealkylation sites (tertiary alicyclic amines) is 1. The number of carbonyl (C=O) groups is 2. The van der Waals surface area contributed by atoms with Crippen LogP contribution in [0.3, 0.4) is 0 Å². The number of nitrogens with zero attached hydrogens (tertiary/aromatic N) is 3. The van der Waals surface area contributed by atoms with Gasteiger partial charge in [0.15, 0.2) is 5.70 Å². The molecule has 3 N–H and O–H groups in total. The van der Waals surface area contributed by atoms with Crippen LogP contribution in [-0.2, 0) is 14.3 Å². The van der Waals surface area contributed by atoms with Crippen LogP contribution < -0.4 is 10.6 Å². The SMILES string of the molecule is [2H]C([2H])(NC(=O)CCC1=[N+]2C(=Cc3c(C)cc(C)n3[B-]2(F)F)C=C1)C([2H])([2H])C([2H])([2H])C([2H])([2H])C([2H])([2H])C(=O)NCCN1CC(C)CC2OC3(CCC4C(=C3C)CC3C4CC=C4C[C@@H](O)CCC43C)C(C)C21. The summed E-state index contributed by atoms with van der Waals surface area (Å²) in [6, 6.07) is 1.61. The predicted octanol–water partition coefficient (Wildman–Crippen LogP) is 8.01. The largest absolute Gasteiger partial charge is 0.737 e. The molecule has 332 valence electrons. The summed E-state index contributed by atoms with van der Waals surface area (Å²) < 4.78 is 127. The van der Waals surface area contributed by atoms with Crippen molar-refractivity contribution in [1.29, 1.82) is 0 Å². The Bertz CT molecular complexity index is 2560. The quantitative estimate of drug-likeness (QED) is 0.146. The molecule has 2 amide bonds. The first-order chi connectivity index (χ1) is 32.9. The standard InChI is InChI=1S/C49H70BF2N5O4/c1-30-24-44-47(34(5)49(61-44)20-18-39-40-15-11-35-26-38(58)17-19-48(35,6)42(40)28-41(39)33(49)4)55(29-30)23-22-54-45(59)10-8-7-9-21-53-46(60)16-14-36-12-13-37-27-43-31(2)25-32(3)56(43)50(51,52)57(36)37/h11-13,25,27,30,34,38-40,42,44,47,58H,7-10,14-24,26,28-29H2,1-6H3,(H,53,60)(H,54,59)/t30?,34?,38-,39?,40?,42?,44?,47?,48?,49?/m0/s1/i7D2,8D2,9D2,10D2,21D2. The van der Waals surface area contributed by atoms with Gasteiger partial charge in [0.2, 0.25) is 11.8 Å². The van der Waals surface area contributed by atoms with E-state index < -0.39 is 62.8 Å². The molecule has 2 saturated heterocycles. The molecule has 9 nitrogen and oxygen atoms in total. The van der Waals surface area contributed by atoms with Gasteiger partial charge < -0.3 is 38.1 Å². The molecule has 1 aromatic heterocycles. The molecule has 5 heterocycles. The minimum absolute atomic E-state index is 0.0258. The fourth-order valence-corrected chi connectivity index (χ4v) is 13.5. The zero-order valence-corrected chi connectivity index (χ0v) is 36.5. The van der Waals surface area contributed by atoms with E-state index in [1.54, 1.807) is 31.3 Å². The first kappa shape index (κ1) is 32.3. The summed E-state index contributed by atoms with van der Waals surface area (Å²) in [4.78, 5) is 29.1. The van der Waals surface area contributed by atoms with Crippen LogP contribution in [0.1, 0.15) is 148 Å². The molecule has 0 radical (unpaired) electrons. The molecule has 4 aliphatic heterocycles. The van der Waals surface area contributed by atoms with Gasteiger partial charge in [0.05, 0.1) is 17.8 Å². The van der Waals surface area contributed by atoms with Crippen LogP contribution in [0.2, 0.25) is 0 Å². The lowest BCUT2D eigenvalue weighted by atomic mass is 9.56. The number of hydrogen-bond donors (Lipinski definition) is 3. The Hall–Kier alpha value is -3.35. The Morgan fingerprint density at radius 2 is 1.90 bits per heavy atom. The van der Waals surface area contributed by atoms with Gasteiger partial charge in [-0.05, 0) is 137 Å². The summed E-state index contributed by atoms with van der Waals surface area (Å²) in [7, 11) is 0. The zero-order valence-electron chi connectivity index (χ0n) is 46.5. The third kappa shape index (κ3) is 7.36. The molecular weight excluding hydrogens is 771 g/mol. The Morgan fingerprint density at radius 1 is 1.08 bits per heavy atom. The van der Waals surface area contributed by atoms with Crippen LogP contribution in [0, 0.1) is 48.9 Å². The fourth-order valence-electron chi connectivity index (χ4n) is 13.5. The monoisotopic (exact) mass is 852 g/mol. The highest BCUT2D eigenvalue weighted by Gasteiger charge is 2.62. The second-order valence-corrected chi connectivity index (χ2v) is 19.7. The van der Waals surface area contributed by atoms with E-state index in [0.717, 1.165) is 60.3 Å². The zero-order chi connectivity index (χ0) is 52.0. The van der Waals surface area contributed by atoms with E-state index in [4.69, 9.17) is 18.4 Å². The van der Waals surface area contributed by atoms with Crippen molar-refractivity contribution in [3.63, 3.8) is 0 Å². The average molecular weight is 852 g/mol. The number of aliphatic hydroxyl groups excluding tert-OH is 1. The maximum atomic E-state index is 15.9. The highest BCUT2D eigenvalue weighted by atomic mass is 19.2. The normalized spacial score (nSPS) is 39.5. The highest BCUT2D eigenvalue weighted by Crippen LogP contribution is 2.65. The fraction of sp³-hybridized carbons (Fsp3) is 0.694. The smallest absolute Gasteiger partial charge is 0.394 e. The molecule has 0 bridgehead atoms. The Morgan fingerprint density at radius 3 is 2.72 bits per heavy atom. The number of aromatic nitrogens is 1. The van der Waals surface area contributed by atoms with Crippen LogP contribution in [0.4, 0.5) is 8.63 Å². The molecule has 1 aromatic rings. The van der Waals surface area contributed by atoms with Crippen molar-refractivity contribution in [2.75, 3.05) is 26.1 Å². The van der Waals surface area contributed by atoms with Crippen LogP contribution in [0.5, 0.6) is 0 Å². The summed E-state index contributed by atoms with van der Waals surface area (Å²) in [6.07, 6.45) is -2.78. The van der Waals surface area contributed by atoms with E-state index >= 15 is 8.63 Å². The number of fused-ring (bicyclic) bond motifs is 8. The molecule has 2 saturated carbocycles. The van der Waals surface area contributed by atoms with Crippen molar-refractivity contribution < 1.29 is 46.3 Å². The minimum Gasteiger partial charge on any atom is -0.394 e. The number of hydrogen-bond acceptors (Lipinski definition) is 5. The van der Waals surface area contributed by atoms with Crippen molar-refractivity contribution in [2.24, 2.45) is 35.0 Å². The van der Waals surface area contributed by atoms with Gasteiger partial charge in [-0.15, -0.1) is 0 Å². The van der Waals surface area contributed by atoms with Crippen molar-refractivity contribution >= 4 is 30.6 Å². The molecule has 61 heavy (non-hydrogen) atoms. The predicted molar refractivity (Wildman–Crippen MR) is 237 cm³/mol. The number of nitrogens with one attached hydrogen (secondary N) is 2. The van der Waals surface area contributed by atoms with Gasteiger partial charge in [-0.1, -0.05) is 44.4 Å². The molecule has 0 aromatic carbocycles. The van der Waals surface area contributed by atoms with E-state index in [2.05, 4.69) is 44.0 Å². The third-order valence-electron chi connectivity index (χ3n) is 16.4. The number of aryl methyl sites for hydroxylation is 2. The number of amides is 2. The number of carbonyl (C=O) groups excluding carboxylic acids is 2. The van der Waals surface area contributed by atoms with Gasteiger partial charge in [0, 0.05) is 94.9 Å². The maximum absolute atomic E-state index is 15.9. The van der Waals surface area contributed by atoms with Crippen molar-refractivity contribution in [2.45, 2.75) is 155 Å². The second kappa shape index (κ2) is 16.3. The summed E-state index contributed by atoms with van der Waals surface area (Å²) in [5.74, 6) is -0.823. The molecule has 10 atom stereocenters. The molecule has 9 rings (SSSR count). The van der Waals surface area contributed by atoms with Crippen LogP contribution in [-0.4, -0.2) is 93.4 Å². The van der Waals surface area contributed by atoms with Crippen molar-refractivity contribution in [1.82, 2.24) is 20.0 Å². The summed E-state index contributed by atoms with van der Waals surface area (Å²) in [6.45, 7) is 5.06. The lowest BCUT2D eigenvalue weighted by Gasteiger charge is -2.49. The molecule has 8 aliphatic rings. The van der Waals surface area contributed by atoms with Gasteiger partial charge in [0.25, 0.3) is 0 Å². The molecule has 4 aliphatic carbocycles. The van der Waals surface area contributed by atoms with Gasteiger partial charge in [0.1, 0.15) is 5.71 Å². The van der Waals surface area contributed by atoms with Gasteiger partial charge in [-0.2, -0.15) is 0 Å². The lowest BCUT2D eigenvalue weighted by Crippen LogP contribution is -2.54. The number of rotatable bonds is 12. The van der Waals surface area contributed by atoms with E-state index in [1.165, 1.54) is 28.9 Å². The molecule has 9 unspecified atom stereocenters. The molecule has 12 heteroatoms. The van der Waals surface area contributed by atoms with Crippen LogP contribution >= 0.6 is 0 Å². The maximum Gasteiger partial charge on any atom is 0.737 e. The van der Waals surface area contributed by atoms with E-state index in [-0.39, 0.29) is 66.4 Å². The van der Waals surface area contributed by atoms with Gasteiger partial charge >= 0.3 is 6.97 Å². The number of aliphatic hydroxyl groups is 1. The Labute approximate surface area is 376 Å². The third-order valence-corrected chi connectivity index (χ3v) is 16.4. The van der Waals surface area contributed by atoms with E-state index in [0.29, 0.717) is 41.2 Å². The van der Waals surface area contributed by atoms with Crippen LogP contribution in [0.15, 0.2) is 46.7 Å². The van der Waals surface area contributed by atoms with Gasteiger partial charge in [-0.3, -0.25) is 14.5 Å². The first-order valence-corrected chi connectivity index (χ1v) is 22.7. The Kier molecular flexibility index (Phi) is 8.66. The first-order valence-electron chi connectivity index (χ1n) is 27.7. The minimum atomic E-state index is -4.37. The number of ether oxygens (including phenoxy) is 1. The second-order valence-electron chi connectivity index (χ2n) is 19.7. The van der Waals surface area contributed by atoms with Crippen LogP contribution in [0.25, 0.3) is 6.08 Å². The average Bonchev–Trinajstić information content (AvgIpc) is 4.03. The van der Waals surface area contributed by atoms with Crippen molar-refractivity contribution in [3.05, 3.63) is 63.7 Å². The van der Waals surface area contributed by atoms with E-state index in [9.17, 15) is 14.7 Å². The summed E-state index contributed by atoms with van der Waals surface area (Å²) in [5, 5.41) is 14.7. The molecule has 1 spiro atoms. The highest BCUT2D eigenvalue weighted by molar-refractivity contribution is 6.58. The van der Waals surface area contributed by atoms with Crippen molar-refractivity contribution in [3.8, 4) is 0 Å². The Balaban J connectivity index is 0.837. The number of allylic oxidation sites excluding steroid dienone is 4. The topological polar surface area (TPSA) is 98.8 Å². The summed E-state index contributed by atoms with van der Waals surface area (Å²) >= 11 is 0. The van der Waals surface area contributed by atoms with Gasteiger partial charge in [-0.25, -0.2) is 0 Å².